The molecule has 0 radical (unpaired) electrons. The highest BCUT2D eigenvalue weighted by atomic mass is 31.1. The van der Waals surface area contributed by atoms with Crippen LogP contribution in [0.3, 0.4) is 0 Å². The van der Waals surface area contributed by atoms with Crippen LogP contribution in [0.25, 0.3) is 0 Å². The molecule has 0 aliphatic carbocycles. The topological polar surface area (TPSA) is 24.4 Å². The van der Waals surface area contributed by atoms with E-state index in [2.05, 4.69) is 117 Å². The number of rotatable bonds is 6. The smallest absolute Gasteiger partial charge is 0.129 e. The molecule has 0 aromatic heterocycles. The normalized spacial score (nSPS) is 12.2. The van der Waals surface area contributed by atoms with Gasteiger partial charge in [-0.3, -0.25) is 4.99 Å². The third kappa shape index (κ3) is 6.04. The number of benzene rings is 3. The van der Waals surface area contributed by atoms with Crippen LogP contribution in [0.15, 0.2) is 96.0 Å². The van der Waals surface area contributed by atoms with E-state index in [0.29, 0.717) is 0 Å². The van der Waals surface area contributed by atoms with Gasteiger partial charge in [0.15, 0.2) is 0 Å². The van der Waals surface area contributed by atoms with Crippen molar-refractivity contribution in [3.63, 3.8) is 0 Å². The van der Waals surface area contributed by atoms with Crippen LogP contribution in [0.4, 0.5) is 0 Å². The van der Waals surface area contributed by atoms with Crippen LogP contribution in [0, 0.1) is 0 Å². The Morgan fingerprint density at radius 1 is 0.750 bits per heavy atom. The second kappa shape index (κ2) is 9.66. The van der Waals surface area contributed by atoms with Crippen LogP contribution in [0.2, 0.25) is 0 Å². The van der Waals surface area contributed by atoms with Crippen LogP contribution in [-0.2, 0) is 6.42 Å². The maximum Gasteiger partial charge on any atom is 0.129 e. The van der Waals surface area contributed by atoms with Crippen molar-refractivity contribution in [2.75, 3.05) is 6.54 Å². The molecule has 3 heteroatoms. The van der Waals surface area contributed by atoms with Crippen molar-refractivity contribution in [2.24, 2.45) is 4.99 Å². The summed E-state index contributed by atoms with van der Waals surface area (Å²) in [6.07, 6.45) is 0.947. The molecule has 2 nitrogen and oxygen atoms in total. The fraction of sp³-hybridized carbons (Fsp3) is 0.240. The molecule has 0 saturated carbocycles. The first-order valence-corrected chi connectivity index (χ1v) is 11.1. The molecule has 0 atom stereocenters. The molecule has 3 aromatic rings. The van der Waals surface area contributed by atoms with E-state index in [4.69, 9.17) is 4.99 Å². The van der Waals surface area contributed by atoms with Gasteiger partial charge in [-0.15, -0.1) is 0 Å². The average Bonchev–Trinajstić information content (AvgIpc) is 2.69. The lowest BCUT2D eigenvalue weighted by Crippen LogP contribution is -2.42. The highest BCUT2D eigenvalue weighted by Crippen LogP contribution is 2.35. The average molecular weight is 388 g/mol. The zero-order valence-corrected chi connectivity index (χ0v) is 17.9. The van der Waals surface area contributed by atoms with E-state index in [9.17, 15) is 0 Å². The summed E-state index contributed by atoms with van der Waals surface area (Å²) in [5, 5.41) is 6.36. The van der Waals surface area contributed by atoms with Crippen LogP contribution in [0.1, 0.15) is 26.3 Å². The number of nitrogens with zero attached hydrogens (tertiary/aromatic N) is 1. The molecule has 0 heterocycles. The van der Waals surface area contributed by atoms with Crippen molar-refractivity contribution in [3.05, 3.63) is 96.6 Å². The number of hydrogen-bond acceptors (Lipinski definition) is 1. The minimum Gasteiger partial charge on any atom is -0.365 e. The summed E-state index contributed by atoms with van der Waals surface area (Å²) < 4.78 is 0. The van der Waals surface area contributed by atoms with Gasteiger partial charge in [0.1, 0.15) is 5.58 Å². The molecule has 0 unspecified atom stereocenters. The second-order valence-corrected chi connectivity index (χ2v) is 9.95. The van der Waals surface area contributed by atoms with Gasteiger partial charge in [-0.25, -0.2) is 0 Å². The quantitative estimate of drug-likeness (QED) is 0.354. The van der Waals surface area contributed by atoms with E-state index in [1.165, 1.54) is 16.2 Å². The van der Waals surface area contributed by atoms with Gasteiger partial charge in [0.2, 0.25) is 0 Å². The van der Waals surface area contributed by atoms with Gasteiger partial charge in [0, 0.05) is 20.0 Å². The van der Waals surface area contributed by atoms with E-state index < -0.39 is 7.92 Å². The van der Waals surface area contributed by atoms with Crippen LogP contribution < -0.4 is 15.9 Å². The Hall–Kier alpha value is -2.44. The Morgan fingerprint density at radius 2 is 1.21 bits per heavy atom. The molecule has 0 fully saturated rings. The first kappa shape index (κ1) is 20.3. The van der Waals surface area contributed by atoms with Crippen molar-refractivity contribution in [2.45, 2.75) is 32.7 Å². The van der Waals surface area contributed by atoms with Gasteiger partial charge in [-0.1, -0.05) is 91.0 Å². The SMILES string of the molecule is CC(C)(C)NC(=NCCc1ccccc1)P(c1ccccc1)c1ccccc1. The van der Waals surface area contributed by atoms with Crippen molar-refractivity contribution < 1.29 is 0 Å². The summed E-state index contributed by atoms with van der Waals surface area (Å²) in [6.45, 7) is 7.37. The molecule has 1 N–H and O–H groups in total. The predicted octanol–water partition coefficient (Wildman–Crippen LogP) is 5.11. The van der Waals surface area contributed by atoms with Crippen LogP contribution in [0.5, 0.6) is 0 Å². The van der Waals surface area contributed by atoms with Gasteiger partial charge >= 0.3 is 0 Å². The zero-order valence-electron chi connectivity index (χ0n) is 17.0. The number of nitrogens with one attached hydrogen (secondary N) is 1. The van der Waals surface area contributed by atoms with E-state index in [0.717, 1.165) is 18.5 Å². The van der Waals surface area contributed by atoms with E-state index in [-0.39, 0.29) is 5.54 Å². The highest BCUT2D eigenvalue weighted by molar-refractivity contribution is 7.88. The van der Waals surface area contributed by atoms with Gasteiger partial charge in [-0.2, -0.15) is 0 Å². The maximum absolute atomic E-state index is 5.09. The molecule has 0 aliphatic heterocycles. The summed E-state index contributed by atoms with van der Waals surface area (Å²) in [4.78, 5) is 5.09. The van der Waals surface area contributed by atoms with E-state index >= 15 is 0 Å². The molecule has 0 bridgehead atoms. The largest absolute Gasteiger partial charge is 0.365 e. The van der Waals surface area contributed by atoms with Crippen molar-refractivity contribution in [1.82, 2.24) is 5.32 Å². The highest BCUT2D eigenvalue weighted by Gasteiger charge is 2.23. The first-order valence-electron chi connectivity index (χ1n) is 9.80. The molecule has 144 valence electrons. The molecular weight excluding hydrogens is 359 g/mol. The monoisotopic (exact) mass is 388 g/mol. The number of aliphatic imine (C=N–C) groups is 1. The summed E-state index contributed by atoms with van der Waals surface area (Å²) in [5.74, 6) is 0. The molecule has 3 rings (SSSR count). The minimum absolute atomic E-state index is 0.0459. The number of amidine groups is 1. The molecule has 28 heavy (non-hydrogen) atoms. The number of hydrogen-bond donors (Lipinski definition) is 1. The second-order valence-electron chi connectivity index (χ2n) is 7.82. The summed E-state index contributed by atoms with van der Waals surface area (Å²) in [7, 11) is -0.720. The molecule has 3 aromatic carbocycles. The van der Waals surface area contributed by atoms with Crippen LogP contribution in [-0.4, -0.2) is 17.7 Å². The van der Waals surface area contributed by atoms with E-state index in [1.807, 2.05) is 0 Å². The maximum atomic E-state index is 5.09. The zero-order chi connectivity index (χ0) is 19.8. The van der Waals surface area contributed by atoms with Crippen molar-refractivity contribution in [3.8, 4) is 0 Å². The lowest BCUT2D eigenvalue weighted by molar-refractivity contribution is 0.514. The third-order valence-corrected chi connectivity index (χ3v) is 6.54. The lowest BCUT2D eigenvalue weighted by Gasteiger charge is -2.29. The molecule has 0 saturated heterocycles. The van der Waals surface area contributed by atoms with Gasteiger partial charge < -0.3 is 5.32 Å². The first-order chi connectivity index (χ1) is 13.5. The van der Waals surface area contributed by atoms with Gasteiger partial charge in [-0.05, 0) is 43.4 Å². The molecule has 0 aliphatic rings. The summed E-state index contributed by atoms with van der Waals surface area (Å²) in [5.41, 5.74) is 2.37. The molecule has 0 spiro atoms. The summed E-state index contributed by atoms with van der Waals surface area (Å²) in [6, 6.07) is 32.1. The van der Waals surface area contributed by atoms with E-state index in [1.54, 1.807) is 0 Å². The van der Waals surface area contributed by atoms with Gasteiger partial charge in [0.05, 0.1) is 0 Å². The predicted molar refractivity (Wildman–Crippen MR) is 124 cm³/mol. The Kier molecular flexibility index (Phi) is 7.01. The van der Waals surface area contributed by atoms with Crippen molar-refractivity contribution in [1.29, 1.82) is 0 Å². The Labute approximate surface area is 170 Å². The molecular formula is C25H29N2P. The van der Waals surface area contributed by atoms with Crippen molar-refractivity contribution >= 4 is 24.1 Å². The molecule has 0 amide bonds. The fourth-order valence-electron chi connectivity index (χ4n) is 2.98. The summed E-state index contributed by atoms with van der Waals surface area (Å²) >= 11 is 0. The van der Waals surface area contributed by atoms with Gasteiger partial charge in [0.25, 0.3) is 0 Å². The fourth-order valence-corrected chi connectivity index (χ4v) is 5.40. The van der Waals surface area contributed by atoms with Crippen LogP contribution >= 0.6 is 7.92 Å². The Bertz CT molecular complexity index is 829. The standard InChI is InChI=1S/C25H29N2P/c1-25(2,3)27-24(26-20-19-21-13-7-4-8-14-21)28(22-15-9-5-10-16-22)23-17-11-6-12-18-23/h4-18H,19-20H2,1-3H3,(H,26,27). The Balaban J connectivity index is 1.95. The lowest BCUT2D eigenvalue weighted by atomic mass is 10.1. The third-order valence-electron chi connectivity index (χ3n) is 4.23. The Morgan fingerprint density at radius 3 is 1.68 bits per heavy atom. The minimum atomic E-state index is -0.720.